The number of aliphatic hydroxyl groups excluding tert-OH is 1. The van der Waals surface area contributed by atoms with Crippen LogP contribution in [-0.2, 0) is 0 Å². The van der Waals surface area contributed by atoms with E-state index in [1.807, 2.05) is 20.8 Å². The van der Waals surface area contributed by atoms with E-state index in [1.54, 1.807) is 6.08 Å². The van der Waals surface area contributed by atoms with Gasteiger partial charge in [0.15, 0.2) is 0 Å². The predicted molar refractivity (Wildman–Crippen MR) is 49.4 cm³/mol. The standard InChI is InChI=1S/C10H18O/c1-6-8(2)7-9(11)10(3,4)5/h6,9,11H,1-2,7H2,3-5H3. The summed E-state index contributed by atoms with van der Waals surface area (Å²) in [5, 5.41) is 9.58. The van der Waals surface area contributed by atoms with Crippen LogP contribution in [0, 0.1) is 5.41 Å². The average Bonchev–Trinajstić information content (AvgIpc) is 1.85. The first-order valence-corrected chi connectivity index (χ1v) is 3.86. The molecule has 1 nitrogen and oxygen atoms in total. The van der Waals surface area contributed by atoms with Gasteiger partial charge in [-0.15, -0.1) is 0 Å². The van der Waals surface area contributed by atoms with Crippen LogP contribution < -0.4 is 0 Å². The van der Waals surface area contributed by atoms with E-state index in [4.69, 9.17) is 0 Å². The highest BCUT2D eigenvalue weighted by atomic mass is 16.3. The zero-order valence-electron chi connectivity index (χ0n) is 7.72. The molecule has 1 heteroatoms. The molecule has 0 aliphatic rings. The first kappa shape index (κ1) is 10.4. The predicted octanol–water partition coefficient (Wildman–Crippen LogP) is 2.53. The van der Waals surface area contributed by atoms with E-state index in [-0.39, 0.29) is 11.5 Å². The second kappa shape index (κ2) is 3.72. The fourth-order valence-electron chi connectivity index (χ4n) is 0.638. The molecule has 0 aliphatic heterocycles. The molecule has 0 aliphatic carbocycles. The topological polar surface area (TPSA) is 20.2 Å². The lowest BCUT2D eigenvalue weighted by molar-refractivity contribution is 0.0644. The van der Waals surface area contributed by atoms with Gasteiger partial charge in [-0.3, -0.25) is 0 Å². The van der Waals surface area contributed by atoms with E-state index in [0.717, 1.165) is 5.57 Å². The summed E-state index contributed by atoms with van der Waals surface area (Å²) >= 11 is 0. The minimum atomic E-state index is -0.326. The molecular formula is C10H18O. The minimum absolute atomic E-state index is 0.0635. The van der Waals surface area contributed by atoms with Crippen molar-refractivity contribution in [3.05, 3.63) is 24.8 Å². The molecule has 64 valence electrons. The summed E-state index contributed by atoms with van der Waals surface area (Å²) < 4.78 is 0. The van der Waals surface area contributed by atoms with Crippen molar-refractivity contribution in [3.8, 4) is 0 Å². The number of rotatable bonds is 3. The first-order chi connectivity index (χ1) is 4.88. The lowest BCUT2D eigenvalue weighted by atomic mass is 9.85. The van der Waals surface area contributed by atoms with E-state index in [2.05, 4.69) is 13.2 Å². The maximum Gasteiger partial charge on any atom is 0.0628 e. The summed E-state index contributed by atoms with van der Waals surface area (Å²) in [5.74, 6) is 0. The summed E-state index contributed by atoms with van der Waals surface area (Å²) in [4.78, 5) is 0. The van der Waals surface area contributed by atoms with Gasteiger partial charge in [-0.05, 0) is 11.8 Å². The van der Waals surface area contributed by atoms with Crippen molar-refractivity contribution in [1.82, 2.24) is 0 Å². The molecule has 0 bridgehead atoms. The van der Waals surface area contributed by atoms with Crippen LogP contribution >= 0.6 is 0 Å². The summed E-state index contributed by atoms with van der Waals surface area (Å²) in [5.41, 5.74) is 0.832. The molecule has 0 amide bonds. The zero-order chi connectivity index (χ0) is 9.07. The Morgan fingerprint density at radius 3 is 2.27 bits per heavy atom. The third kappa shape index (κ3) is 3.99. The SMILES string of the molecule is C=CC(=C)CC(O)C(C)(C)C. The van der Waals surface area contributed by atoms with Crippen LogP contribution in [0.2, 0.25) is 0 Å². The van der Waals surface area contributed by atoms with Crippen molar-refractivity contribution in [2.45, 2.75) is 33.3 Å². The molecule has 0 rings (SSSR count). The third-order valence-electron chi connectivity index (χ3n) is 1.74. The highest BCUT2D eigenvalue weighted by Crippen LogP contribution is 2.23. The van der Waals surface area contributed by atoms with E-state index < -0.39 is 0 Å². The van der Waals surface area contributed by atoms with Crippen LogP contribution in [-0.4, -0.2) is 11.2 Å². The van der Waals surface area contributed by atoms with Gasteiger partial charge in [0.1, 0.15) is 0 Å². The summed E-state index contributed by atoms with van der Waals surface area (Å²) in [6, 6.07) is 0. The van der Waals surface area contributed by atoms with E-state index in [9.17, 15) is 5.11 Å². The van der Waals surface area contributed by atoms with Crippen LogP contribution in [0.1, 0.15) is 27.2 Å². The molecule has 11 heavy (non-hydrogen) atoms. The Morgan fingerprint density at radius 1 is 1.55 bits per heavy atom. The molecule has 0 saturated carbocycles. The maximum atomic E-state index is 9.58. The lowest BCUT2D eigenvalue weighted by Gasteiger charge is -2.25. The molecule has 0 radical (unpaired) electrons. The largest absolute Gasteiger partial charge is 0.392 e. The van der Waals surface area contributed by atoms with E-state index >= 15 is 0 Å². The lowest BCUT2D eigenvalue weighted by Crippen LogP contribution is -2.25. The summed E-state index contributed by atoms with van der Waals surface area (Å²) in [6.07, 6.45) is 1.98. The number of hydrogen-bond acceptors (Lipinski definition) is 1. The molecule has 0 fully saturated rings. The van der Waals surface area contributed by atoms with E-state index in [1.165, 1.54) is 0 Å². The summed E-state index contributed by atoms with van der Waals surface area (Å²) in [7, 11) is 0. The molecule has 0 heterocycles. The van der Waals surface area contributed by atoms with Crippen molar-refractivity contribution in [3.63, 3.8) is 0 Å². The minimum Gasteiger partial charge on any atom is -0.392 e. The highest BCUT2D eigenvalue weighted by molar-refractivity contribution is 5.12. The van der Waals surface area contributed by atoms with Gasteiger partial charge in [-0.1, -0.05) is 45.6 Å². The van der Waals surface area contributed by atoms with E-state index in [0.29, 0.717) is 6.42 Å². The molecule has 0 aromatic heterocycles. The molecular weight excluding hydrogens is 136 g/mol. The van der Waals surface area contributed by atoms with Crippen LogP contribution in [0.15, 0.2) is 24.8 Å². The second-order valence-corrected chi connectivity index (χ2v) is 3.95. The monoisotopic (exact) mass is 154 g/mol. The van der Waals surface area contributed by atoms with Gasteiger partial charge >= 0.3 is 0 Å². The second-order valence-electron chi connectivity index (χ2n) is 3.95. The molecule has 1 unspecified atom stereocenters. The molecule has 0 saturated heterocycles. The average molecular weight is 154 g/mol. The fraction of sp³-hybridized carbons (Fsp3) is 0.600. The molecule has 0 aromatic rings. The summed E-state index contributed by atoms with van der Waals surface area (Å²) in [6.45, 7) is 13.4. The van der Waals surface area contributed by atoms with Crippen molar-refractivity contribution in [1.29, 1.82) is 0 Å². The first-order valence-electron chi connectivity index (χ1n) is 3.86. The van der Waals surface area contributed by atoms with Gasteiger partial charge in [-0.2, -0.15) is 0 Å². The molecule has 1 N–H and O–H groups in total. The van der Waals surface area contributed by atoms with Crippen LogP contribution in [0.3, 0.4) is 0 Å². The molecule has 0 aromatic carbocycles. The highest BCUT2D eigenvalue weighted by Gasteiger charge is 2.21. The Labute approximate surface area is 69.4 Å². The zero-order valence-corrected chi connectivity index (χ0v) is 7.72. The van der Waals surface area contributed by atoms with Gasteiger partial charge in [-0.25, -0.2) is 0 Å². The smallest absolute Gasteiger partial charge is 0.0628 e. The third-order valence-corrected chi connectivity index (χ3v) is 1.74. The quantitative estimate of drug-likeness (QED) is 0.619. The maximum absolute atomic E-state index is 9.58. The van der Waals surface area contributed by atoms with Crippen LogP contribution in [0.4, 0.5) is 0 Å². The van der Waals surface area contributed by atoms with Gasteiger partial charge in [0.25, 0.3) is 0 Å². The molecule has 0 spiro atoms. The normalized spacial score (nSPS) is 14.2. The van der Waals surface area contributed by atoms with Crippen LogP contribution in [0.5, 0.6) is 0 Å². The van der Waals surface area contributed by atoms with Crippen molar-refractivity contribution in [2.24, 2.45) is 5.41 Å². The number of aliphatic hydroxyl groups is 1. The Balaban J connectivity index is 3.97. The van der Waals surface area contributed by atoms with Gasteiger partial charge in [0, 0.05) is 0 Å². The Bertz CT molecular complexity index is 151. The number of allylic oxidation sites excluding steroid dienone is 1. The molecule has 1 atom stereocenters. The Hall–Kier alpha value is -0.560. The number of hydrogen-bond donors (Lipinski definition) is 1. The Morgan fingerprint density at radius 2 is 2.00 bits per heavy atom. The van der Waals surface area contributed by atoms with Crippen molar-refractivity contribution in [2.75, 3.05) is 0 Å². The van der Waals surface area contributed by atoms with Gasteiger partial charge in [0.2, 0.25) is 0 Å². The van der Waals surface area contributed by atoms with Gasteiger partial charge < -0.3 is 5.11 Å². The van der Waals surface area contributed by atoms with Gasteiger partial charge in [0.05, 0.1) is 6.10 Å². The Kier molecular flexibility index (Phi) is 3.53. The van der Waals surface area contributed by atoms with Crippen molar-refractivity contribution < 1.29 is 5.11 Å². The fourth-order valence-corrected chi connectivity index (χ4v) is 0.638. The van der Waals surface area contributed by atoms with Crippen molar-refractivity contribution >= 4 is 0 Å². The van der Waals surface area contributed by atoms with Crippen LogP contribution in [0.25, 0.3) is 0 Å².